The molecule has 400 valence electrons. The quantitative estimate of drug-likeness (QED) is 0.155. The molecule has 0 saturated heterocycles. The molecule has 0 atom stereocenters. The lowest BCUT2D eigenvalue weighted by Crippen LogP contribution is -2.21. The summed E-state index contributed by atoms with van der Waals surface area (Å²) in [6.45, 7) is 15.3. The number of phenolic OH excluding ortho intramolecular Hbond substituents is 1. The van der Waals surface area contributed by atoms with Gasteiger partial charge in [0.1, 0.15) is 5.75 Å². The Morgan fingerprint density at radius 3 is 1.42 bits per heavy atom. The number of ether oxygens (including phenoxy) is 2. The molecule has 12 aromatic rings. The molecule has 2 aliphatic carbocycles. The Morgan fingerprint density at radius 2 is 0.831 bits per heavy atom. The Hall–Kier alpha value is -10.4. The van der Waals surface area contributed by atoms with Crippen LogP contribution in [0.1, 0.15) is 49.9 Å². The first-order chi connectivity index (χ1) is 40.6. The zero-order chi connectivity index (χ0) is 55.8. The minimum Gasteiger partial charge on any atom is -0.508 e. The van der Waals surface area contributed by atoms with Gasteiger partial charge in [0.2, 0.25) is 0 Å². The molecule has 0 saturated carbocycles. The fraction of sp³-hybridized carbons (Fsp3) is 0.0933. The maximum Gasteiger partial charge on any atom is 0.153 e. The van der Waals surface area contributed by atoms with Gasteiger partial charge < -0.3 is 38.7 Å². The second-order valence-corrected chi connectivity index (χ2v) is 22.5. The van der Waals surface area contributed by atoms with Crippen molar-refractivity contribution in [3.8, 4) is 56.7 Å². The van der Waals surface area contributed by atoms with Crippen LogP contribution in [0.15, 0.2) is 237 Å². The highest BCUT2D eigenvalue weighted by Crippen LogP contribution is 2.55. The summed E-state index contributed by atoms with van der Waals surface area (Å²) >= 11 is 0. The molecule has 0 radical (unpaired) electrons. The van der Waals surface area contributed by atoms with Crippen molar-refractivity contribution < 1.29 is 14.6 Å². The second-order valence-electron chi connectivity index (χ2n) is 22.5. The number of fused-ring (bicyclic) bond motifs is 13. The number of anilines is 10. The Bertz CT molecular complexity index is 4710. The minimum atomic E-state index is -0.220. The van der Waals surface area contributed by atoms with E-state index >= 15 is 0 Å². The summed E-state index contributed by atoms with van der Waals surface area (Å²) in [5.41, 5.74) is 23.7. The smallest absolute Gasteiger partial charge is 0.153 e. The van der Waals surface area contributed by atoms with Gasteiger partial charge in [-0.2, -0.15) is 0 Å². The van der Waals surface area contributed by atoms with Crippen molar-refractivity contribution in [1.82, 2.24) is 4.57 Å². The maximum atomic E-state index is 10.6. The van der Waals surface area contributed by atoms with Crippen molar-refractivity contribution in [2.75, 3.05) is 32.7 Å². The number of aromatic hydroxyl groups is 1. The molecule has 2 aliphatic heterocycles. The van der Waals surface area contributed by atoms with Gasteiger partial charge >= 0.3 is 0 Å². The van der Waals surface area contributed by atoms with E-state index in [0.29, 0.717) is 0 Å². The van der Waals surface area contributed by atoms with Gasteiger partial charge in [-0.25, -0.2) is 0 Å². The highest BCUT2D eigenvalue weighted by atomic mass is 16.5. The number of para-hydroxylation sites is 4. The predicted octanol–water partition coefficient (Wildman–Crippen LogP) is 20.3. The van der Waals surface area contributed by atoms with Crippen LogP contribution >= 0.6 is 0 Å². The molecule has 83 heavy (non-hydrogen) atoms. The highest BCUT2D eigenvalue weighted by Gasteiger charge is 2.37. The normalized spacial score (nSPS) is 13.7. The van der Waals surface area contributed by atoms with E-state index in [0.717, 1.165) is 137 Å². The summed E-state index contributed by atoms with van der Waals surface area (Å²) in [6.07, 6.45) is 0. The monoisotopic (exact) mass is 1080 g/mol. The van der Waals surface area contributed by atoms with E-state index in [2.05, 4.69) is 246 Å². The van der Waals surface area contributed by atoms with Crippen LogP contribution in [0.3, 0.4) is 0 Å². The summed E-state index contributed by atoms with van der Waals surface area (Å²) in [5.74, 6) is 3.47. The van der Waals surface area contributed by atoms with Crippen molar-refractivity contribution >= 4 is 84.3 Å². The van der Waals surface area contributed by atoms with Crippen LogP contribution in [-0.4, -0.2) is 22.8 Å². The highest BCUT2D eigenvalue weighted by molar-refractivity contribution is 6.12. The zero-order valence-corrected chi connectivity index (χ0v) is 46.6. The van der Waals surface area contributed by atoms with Crippen LogP contribution in [0, 0.1) is 0 Å². The standard InChI is InChI=1S/C75H57N5O3/c1-6-76-67-20-12-14-22-71(67)82-73-44-52(30-38-69(73)76)78(48-26-34-57-56-17-9-8-16-55(56)46(3)60(57)40-48)49-28-36-65-61(41-49)62-42-50(29-37-66(62)80(65)47-24-32-54(81)33-25-47)79(51-27-35-59-58-18-10-11-19-63(58)75(4,5)64(59)43-51)53-31-39-70-74(45-53)83-72-23-15-13-21-68(72)77(70)7-2/h8-45,81H,3,6-7H2,1-2,4-5H3. The topological polar surface area (TPSA) is 56.6 Å². The van der Waals surface area contributed by atoms with Gasteiger partial charge in [-0.1, -0.05) is 105 Å². The molecule has 0 amide bonds. The number of aromatic nitrogens is 1. The first kappa shape index (κ1) is 48.5. The number of phenols is 1. The first-order valence-electron chi connectivity index (χ1n) is 28.7. The van der Waals surface area contributed by atoms with E-state index in [1.54, 1.807) is 12.1 Å². The molecule has 8 heteroatoms. The van der Waals surface area contributed by atoms with Crippen molar-refractivity contribution in [3.05, 3.63) is 259 Å². The summed E-state index contributed by atoms with van der Waals surface area (Å²) < 4.78 is 15.9. The largest absolute Gasteiger partial charge is 0.508 e. The molecule has 11 aromatic carbocycles. The third kappa shape index (κ3) is 7.32. The predicted molar refractivity (Wildman–Crippen MR) is 341 cm³/mol. The molecule has 8 nitrogen and oxygen atoms in total. The molecule has 0 bridgehead atoms. The van der Waals surface area contributed by atoms with Gasteiger partial charge in [-0.3, -0.25) is 0 Å². The van der Waals surface area contributed by atoms with Gasteiger partial charge in [0.15, 0.2) is 23.0 Å². The zero-order valence-electron chi connectivity index (χ0n) is 46.6. The Balaban J connectivity index is 0.912. The summed E-state index contributed by atoms with van der Waals surface area (Å²) in [6, 6.07) is 82.1. The van der Waals surface area contributed by atoms with E-state index in [4.69, 9.17) is 9.47 Å². The van der Waals surface area contributed by atoms with Crippen molar-refractivity contribution in [2.45, 2.75) is 33.1 Å². The lowest BCUT2D eigenvalue weighted by atomic mass is 9.82. The lowest BCUT2D eigenvalue weighted by Gasteiger charge is -2.33. The Kier molecular flexibility index (Phi) is 10.7. The van der Waals surface area contributed by atoms with Crippen LogP contribution < -0.4 is 29.1 Å². The molecule has 0 spiro atoms. The molecular formula is C75H57N5O3. The van der Waals surface area contributed by atoms with E-state index in [9.17, 15) is 5.11 Å². The summed E-state index contributed by atoms with van der Waals surface area (Å²) in [7, 11) is 0. The Morgan fingerprint density at radius 1 is 0.398 bits per heavy atom. The van der Waals surface area contributed by atoms with Crippen LogP contribution in [0.5, 0.6) is 28.7 Å². The first-order valence-corrected chi connectivity index (χ1v) is 28.7. The van der Waals surface area contributed by atoms with E-state index < -0.39 is 0 Å². The number of nitrogens with zero attached hydrogens (tertiary/aromatic N) is 5. The van der Waals surface area contributed by atoms with Gasteiger partial charge in [0, 0.05) is 81.2 Å². The van der Waals surface area contributed by atoms with Gasteiger partial charge in [0.05, 0.1) is 33.8 Å². The minimum absolute atomic E-state index is 0.213. The summed E-state index contributed by atoms with van der Waals surface area (Å²) in [4.78, 5) is 9.39. The SMILES string of the molecule is C=C1c2ccccc2-c2ccc(N(c3ccc4c(c3)Oc3ccccc3N4CC)c3ccc4c(c3)c3cc(N(c5ccc6c(c5)Oc5ccccc5N6CC)c5ccc6c(c5)C(C)(C)c5ccccc5-6)ccc3n4-c3ccc(O)cc3)cc21. The van der Waals surface area contributed by atoms with Crippen LogP contribution in [-0.2, 0) is 5.41 Å². The van der Waals surface area contributed by atoms with Crippen LogP contribution in [0.4, 0.5) is 56.9 Å². The molecule has 1 N–H and O–H groups in total. The van der Waals surface area contributed by atoms with Crippen molar-refractivity contribution in [1.29, 1.82) is 0 Å². The molecule has 0 fully saturated rings. The van der Waals surface area contributed by atoms with Gasteiger partial charge in [-0.15, -0.1) is 0 Å². The average Bonchev–Trinajstić information content (AvgIpc) is 4.07. The van der Waals surface area contributed by atoms with E-state index in [-0.39, 0.29) is 11.2 Å². The third-order valence-corrected chi connectivity index (χ3v) is 17.7. The average molecular weight is 1080 g/mol. The molecular weight excluding hydrogens is 1020 g/mol. The fourth-order valence-electron chi connectivity index (χ4n) is 13.8. The Labute approximate surface area is 482 Å². The van der Waals surface area contributed by atoms with Crippen molar-refractivity contribution in [2.24, 2.45) is 0 Å². The number of hydrogen-bond acceptors (Lipinski definition) is 7. The summed E-state index contributed by atoms with van der Waals surface area (Å²) in [5, 5.41) is 12.8. The molecule has 16 rings (SSSR count). The van der Waals surface area contributed by atoms with E-state index in [1.807, 2.05) is 30.3 Å². The number of benzene rings is 11. The number of rotatable bonds is 9. The lowest BCUT2D eigenvalue weighted by molar-refractivity contribution is 0.473. The molecule has 3 heterocycles. The van der Waals surface area contributed by atoms with Crippen molar-refractivity contribution in [3.63, 3.8) is 0 Å². The second kappa shape index (κ2) is 18.3. The van der Waals surface area contributed by atoms with Crippen LogP contribution in [0.2, 0.25) is 0 Å². The maximum absolute atomic E-state index is 10.6. The van der Waals surface area contributed by atoms with Crippen LogP contribution in [0.25, 0.3) is 55.3 Å². The fourth-order valence-corrected chi connectivity index (χ4v) is 13.8. The third-order valence-electron chi connectivity index (χ3n) is 17.7. The number of hydrogen-bond donors (Lipinski definition) is 1. The molecule has 4 aliphatic rings. The molecule has 0 unspecified atom stereocenters. The molecule has 1 aromatic heterocycles. The van der Waals surface area contributed by atoms with Gasteiger partial charge in [0.25, 0.3) is 0 Å². The van der Waals surface area contributed by atoms with Gasteiger partial charge in [-0.05, 0) is 197 Å². The van der Waals surface area contributed by atoms with E-state index in [1.165, 1.54) is 33.4 Å².